The highest BCUT2D eigenvalue weighted by Crippen LogP contribution is 2.44. The van der Waals surface area contributed by atoms with Crippen molar-refractivity contribution in [3.05, 3.63) is 29.8 Å². The highest BCUT2D eigenvalue weighted by atomic mass is 16.5. The fraction of sp³-hybridized carbons (Fsp3) is 0.571. The number of hydrogen-bond donors (Lipinski definition) is 1. The minimum atomic E-state index is 0.146. The highest BCUT2D eigenvalue weighted by Gasteiger charge is 2.49. The van der Waals surface area contributed by atoms with Crippen LogP contribution in [0.4, 0.5) is 5.69 Å². The van der Waals surface area contributed by atoms with Gasteiger partial charge in [-0.2, -0.15) is 0 Å². The van der Waals surface area contributed by atoms with Crippen molar-refractivity contribution in [1.29, 1.82) is 0 Å². The minimum Gasteiger partial charge on any atom is -0.381 e. The molecule has 17 heavy (non-hydrogen) atoms. The highest BCUT2D eigenvalue weighted by molar-refractivity contribution is 5.60. The van der Waals surface area contributed by atoms with Crippen molar-refractivity contribution in [2.45, 2.75) is 30.9 Å². The fourth-order valence-electron chi connectivity index (χ4n) is 3.28. The van der Waals surface area contributed by atoms with E-state index in [9.17, 15) is 0 Å². The van der Waals surface area contributed by atoms with E-state index in [2.05, 4.69) is 29.2 Å². The second-order valence-electron chi connectivity index (χ2n) is 5.22. The molecule has 1 saturated carbocycles. The maximum atomic E-state index is 6.03. The third-order valence-corrected chi connectivity index (χ3v) is 4.39. The first kappa shape index (κ1) is 11.1. The molecule has 2 aliphatic rings. The van der Waals surface area contributed by atoms with E-state index in [-0.39, 0.29) is 5.54 Å². The van der Waals surface area contributed by atoms with E-state index in [1.165, 1.54) is 11.3 Å². The predicted octanol–water partition coefficient (Wildman–Crippen LogP) is 1.56. The molecule has 1 fully saturated rings. The maximum Gasteiger partial charge on any atom is 0.0617 e. The summed E-state index contributed by atoms with van der Waals surface area (Å²) in [7, 11) is 1.79. The molecule has 3 nitrogen and oxygen atoms in total. The number of nitrogens with zero attached hydrogens (tertiary/aromatic N) is 1. The lowest BCUT2D eigenvalue weighted by Gasteiger charge is -2.53. The van der Waals surface area contributed by atoms with Crippen molar-refractivity contribution in [1.82, 2.24) is 0 Å². The Labute approximate surface area is 103 Å². The molecule has 1 heterocycles. The summed E-state index contributed by atoms with van der Waals surface area (Å²) in [6, 6.07) is 8.69. The SMILES string of the molecule is COC1CC(CN)(N2CCc3ccccc32)C1. The Morgan fingerprint density at radius 1 is 1.41 bits per heavy atom. The van der Waals surface area contributed by atoms with Crippen LogP contribution < -0.4 is 10.6 Å². The summed E-state index contributed by atoms with van der Waals surface area (Å²) in [5.74, 6) is 0. The third kappa shape index (κ3) is 1.57. The molecule has 1 aliphatic heterocycles. The molecule has 0 amide bonds. The number of fused-ring (bicyclic) bond motifs is 1. The van der Waals surface area contributed by atoms with Crippen molar-refractivity contribution in [2.75, 3.05) is 25.1 Å². The van der Waals surface area contributed by atoms with Gasteiger partial charge in [0.25, 0.3) is 0 Å². The monoisotopic (exact) mass is 232 g/mol. The van der Waals surface area contributed by atoms with Gasteiger partial charge in [-0.05, 0) is 30.9 Å². The number of nitrogens with two attached hydrogens (primary N) is 1. The predicted molar refractivity (Wildman–Crippen MR) is 69.3 cm³/mol. The molecular weight excluding hydrogens is 212 g/mol. The van der Waals surface area contributed by atoms with Crippen LogP contribution in [0.25, 0.3) is 0 Å². The topological polar surface area (TPSA) is 38.5 Å². The van der Waals surface area contributed by atoms with Crippen LogP contribution in [0.5, 0.6) is 0 Å². The number of benzene rings is 1. The molecule has 92 valence electrons. The lowest BCUT2D eigenvalue weighted by atomic mass is 9.72. The van der Waals surface area contributed by atoms with Crippen molar-refractivity contribution >= 4 is 5.69 Å². The Hall–Kier alpha value is -1.06. The van der Waals surface area contributed by atoms with Gasteiger partial charge >= 0.3 is 0 Å². The molecule has 0 radical (unpaired) electrons. The summed E-state index contributed by atoms with van der Waals surface area (Å²) in [6.45, 7) is 1.83. The summed E-state index contributed by atoms with van der Waals surface area (Å²) >= 11 is 0. The van der Waals surface area contributed by atoms with Gasteiger partial charge < -0.3 is 15.4 Å². The summed E-state index contributed by atoms with van der Waals surface area (Å²) in [5.41, 5.74) is 9.01. The Morgan fingerprint density at radius 3 is 2.88 bits per heavy atom. The normalized spacial score (nSPS) is 31.2. The van der Waals surface area contributed by atoms with Crippen LogP contribution in [-0.2, 0) is 11.2 Å². The quantitative estimate of drug-likeness (QED) is 0.859. The maximum absolute atomic E-state index is 6.03. The van der Waals surface area contributed by atoms with Gasteiger partial charge in [-0.3, -0.25) is 0 Å². The van der Waals surface area contributed by atoms with Gasteiger partial charge in [-0.1, -0.05) is 18.2 Å². The second kappa shape index (κ2) is 4.00. The van der Waals surface area contributed by atoms with Gasteiger partial charge in [0.15, 0.2) is 0 Å². The number of ether oxygens (including phenoxy) is 1. The van der Waals surface area contributed by atoms with Crippen molar-refractivity contribution in [3.63, 3.8) is 0 Å². The molecule has 0 aromatic heterocycles. The molecule has 0 spiro atoms. The van der Waals surface area contributed by atoms with E-state index in [1.54, 1.807) is 7.11 Å². The lowest BCUT2D eigenvalue weighted by Crippen LogP contribution is -2.63. The molecular formula is C14H20N2O. The molecule has 0 bridgehead atoms. The largest absolute Gasteiger partial charge is 0.381 e. The van der Waals surface area contributed by atoms with Crippen LogP contribution in [0, 0.1) is 0 Å². The minimum absolute atomic E-state index is 0.146. The van der Waals surface area contributed by atoms with Crippen molar-refractivity contribution in [3.8, 4) is 0 Å². The summed E-state index contributed by atoms with van der Waals surface area (Å²) in [6.07, 6.45) is 3.67. The smallest absolute Gasteiger partial charge is 0.0617 e. The summed E-state index contributed by atoms with van der Waals surface area (Å²) in [4.78, 5) is 2.51. The van der Waals surface area contributed by atoms with Gasteiger partial charge in [0.05, 0.1) is 11.6 Å². The van der Waals surface area contributed by atoms with Crippen LogP contribution in [0.3, 0.4) is 0 Å². The van der Waals surface area contributed by atoms with E-state index in [1.807, 2.05) is 0 Å². The number of rotatable bonds is 3. The number of methoxy groups -OCH3 is 1. The molecule has 1 aromatic carbocycles. The van der Waals surface area contributed by atoms with Gasteiger partial charge in [0.1, 0.15) is 0 Å². The van der Waals surface area contributed by atoms with Crippen molar-refractivity contribution < 1.29 is 4.74 Å². The third-order valence-electron chi connectivity index (χ3n) is 4.39. The Morgan fingerprint density at radius 2 is 2.18 bits per heavy atom. The van der Waals surface area contributed by atoms with Crippen molar-refractivity contribution in [2.24, 2.45) is 5.73 Å². The van der Waals surface area contributed by atoms with Gasteiger partial charge in [-0.15, -0.1) is 0 Å². The molecule has 3 rings (SSSR count). The number of anilines is 1. The van der Waals surface area contributed by atoms with Crippen LogP contribution >= 0.6 is 0 Å². The lowest BCUT2D eigenvalue weighted by molar-refractivity contribution is -0.0134. The zero-order valence-corrected chi connectivity index (χ0v) is 10.4. The van der Waals surface area contributed by atoms with Gasteiger partial charge in [-0.25, -0.2) is 0 Å². The molecule has 1 aromatic rings. The molecule has 0 saturated heterocycles. The molecule has 1 aliphatic carbocycles. The molecule has 3 heteroatoms. The van der Waals surface area contributed by atoms with E-state index in [0.717, 1.165) is 32.4 Å². The average molecular weight is 232 g/mol. The van der Waals surface area contributed by atoms with E-state index < -0.39 is 0 Å². The van der Waals surface area contributed by atoms with Crippen LogP contribution in [-0.4, -0.2) is 31.8 Å². The Balaban J connectivity index is 1.86. The van der Waals surface area contributed by atoms with E-state index in [0.29, 0.717) is 6.10 Å². The Kier molecular flexibility index (Phi) is 2.60. The molecule has 0 atom stereocenters. The Bertz CT molecular complexity index is 412. The van der Waals surface area contributed by atoms with Gasteiger partial charge in [0, 0.05) is 25.9 Å². The molecule has 2 N–H and O–H groups in total. The van der Waals surface area contributed by atoms with Crippen LogP contribution in [0.1, 0.15) is 18.4 Å². The second-order valence-corrected chi connectivity index (χ2v) is 5.22. The standard InChI is InChI=1S/C14H20N2O/c1-17-12-8-14(9-12,10-15)16-7-6-11-4-2-3-5-13(11)16/h2-5,12H,6-10,15H2,1H3. The fourth-order valence-corrected chi connectivity index (χ4v) is 3.28. The average Bonchev–Trinajstić information content (AvgIpc) is 2.74. The first-order valence-corrected chi connectivity index (χ1v) is 6.37. The van der Waals surface area contributed by atoms with Crippen LogP contribution in [0.15, 0.2) is 24.3 Å². The summed E-state index contributed by atoms with van der Waals surface area (Å²) in [5, 5.41) is 0. The zero-order chi connectivity index (χ0) is 11.9. The van der Waals surface area contributed by atoms with Gasteiger partial charge in [0.2, 0.25) is 0 Å². The van der Waals surface area contributed by atoms with Crippen LogP contribution in [0.2, 0.25) is 0 Å². The van der Waals surface area contributed by atoms with E-state index >= 15 is 0 Å². The van der Waals surface area contributed by atoms with E-state index in [4.69, 9.17) is 10.5 Å². The summed E-state index contributed by atoms with van der Waals surface area (Å²) < 4.78 is 5.41. The molecule has 0 unspecified atom stereocenters. The number of hydrogen-bond acceptors (Lipinski definition) is 3. The first-order chi connectivity index (χ1) is 8.29. The first-order valence-electron chi connectivity index (χ1n) is 6.37. The number of para-hydroxylation sites is 1. The zero-order valence-electron chi connectivity index (χ0n) is 10.4.